The maximum absolute atomic E-state index is 12.0. The average molecular weight is 400 g/mol. The zero-order valence-electron chi connectivity index (χ0n) is 8.97. The Hall–Kier alpha value is 0.780. The van der Waals surface area contributed by atoms with Crippen molar-refractivity contribution < 1.29 is 4.79 Å². The minimum atomic E-state index is -1.89. The van der Waals surface area contributed by atoms with Gasteiger partial charge in [0.2, 0.25) is 8.00 Å². The van der Waals surface area contributed by atoms with Crippen LogP contribution in [0.3, 0.4) is 0 Å². The molecule has 1 aromatic carbocycles. The number of alkyl halides is 4. The number of hydrogen-bond acceptors (Lipinski definition) is 2. The number of amides is 1. The van der Waals surface area contributed by atoms with E-state index in [1.807, 2.05) is 0 Å². The average Bonchev–Trinajstić information content (AvgIpc) is 2.45. The summed E-state index contributed by atoms with van der Waals surface area (Å²) in [5, 5.41) is 0.820. The van der Waals surface area contributed by atoms with Gasteiger partial charge in [0.05, 0.1) is 16.6 Å². The fourth-order valence-corrected chi connectivity index (χ4v) is 3.83. The highest BCUT2D eigenvalue weighted by Crippen LogP contribution is 2.58. The highest BCUT2D eigenvalue weighted by Gasteiger charge is 2.63. The van der Waals surface area contributed by atoms with Crippen LogP contribution in [0.4, 0.5) is 0 Å². The molecule has 0 radical (unpaired) electrons. The van der Waals surface area contributed by atoms with E-state index in [-0.39, 0.29) is 6.54 Å². The van der Waals surface area contributed by atoms with Crippen LogP contribution in [0, 0.1) is 0 Å². The van der Waals surface area contributed by atoms with Crippen molar-refractivity contribution in [1.29, 1.82) is 0 Å². The molecule has 0 N–H and O–H groups in total. The van der Waals surface area contributed by atoms with Gasteiger partial charge in [-0.15, -0.1) is 0 Å². The molecule has 0 aliphatic carbocycles. The number of rotatable bonds is 2. The van der Waals surface area contributed by atoms with Crippen LogP contribution in [0.25, 0.3) is 0 Å². The van der Waals surface area contributed by atoms with E-state index in [4.69, 9.17) is 69.6 Å². The lowest BCUT2D eigenvalue weighted by molar-refractivity contribution is -0.126. The van der Waals surface area contributed by atoms with E-state index in [0.29, 0.717) is 10.0 Å². The summed E-state index contributed by atoms with van der Waals surface area (Å²) in [4.78, 5) is 12.0. The number of carbonyl (C=O) groups is 1. The smallest absolute Gasteiger partial charge is 0.273 e. The highest BCUT2D eigenvalue weighted by atomic mass is 35.5. The zero-order valence-corrected chi connectivity index (χ0v) is 14.3. The van der Waals surface area contributed by atoms with Gasteiger partial charge in [-0.25, -0.2) is 0 Å². The molecule has 0 saturated carbocycles. The maximum Gasteiger partial charge on any atom is 0.273 e. The van der Waals surface area contributed by atoms with Gasteiger partial charge in [-0.2, -0.15) is 0 Å². The molecule has 1 heterocycles. The van der Waals surface area contributed by atoms with Crippen molar-refractivity contribution in [2.75, 3.05) is 0 Å². The molecule has 0 unspecified atom stereocenters. The standard InChI is InChI=1S/C10H5Cl6NOS/c11-6-2-1-5(3-7(6)12)4-17-8(18)9(13,14)10(15,16)19-17/h1-3H,4H2. The summed E-state index contributed by atoms with van der Waals surface area (Å²) >= 11 is 36.2. The molecule has 1 aliphatic rings. The summed E-state index contributed by atoms with van der Waals surface area (Å²) in [6.07, 6.45) is 0. The summed E-state index contributed by atoms with van der Waals surface area (Å²) in [6.45, 7) is 0.211. The van der Waals surface area contributed by atoms with Crippen molar-refractivity contribution in [1.82, 2.24) is 4.31 Å². The quantitative estimate of drug-likeness (QED) is 0.497. The number of carbonyl (C=O) groups excluding carboxylic acids is 1. The van der Waals surface area contributed by atoms with Crippen molar-refractivity contribution in [3.8, 4) is 0 Å². The lowest BCUT2D eigenvalue weighted by Gasteiger charge is -2.18. The van der Waals surface area contributed by atoms with E-state index in [0.717, 1.165) is 17.5 Å². The third kappa shape index (κ3) is 3.03. The normalized spacial score (nSPS) is 20.9. The maximum atomic E-state index is 12.0. The van der Waals surface area contributed by atoms with E-state index in [1.54, 1.807) is 18.2 Å². The second kappa shape index (κ2) is 5.53. The molecular weight excluding hydrogens is 395 g/mol. The van der Waals surface area contributed by atoms with Crippen molar-refractivity contribution in [2.45, 2.75) is 14.5 Å². The van der Waals surface area contributed by atoms with Crippen LogP contribution in [-0.4, -0.2) is 18.2 Å². The van der Waals surface area contributed by atoms with Gasteiger partial charge >= 0.3 is 0 Å². The first kappa shape index (κ1) is 16.2. The Balaban J connectivity index is 2.21. The summed E-state index contributed by atoms with van der Waals surface area (Å²) in [6, 6.07) is 5.01. The largest absolute Gasteiger partial charge is 0.277 e. The lowest BCUT2D eigenvalue weighted by atomic mass is 10.2. The fourth-order valence-electron chi connectivity index (χ4n) is 1.43. The molecule has 1 saturated heterocycles. The molecule has 2 rings (SSSR count). The molecule has 1 amide bonds. The molecule has 19 heavy (non-hydrogen) atoms. The molecule has 104 valence electrons. The van der Waals surface area contributed by atoms with E-state index >= 15 is 0 Å². The first-order chi connectivity index (χ1) is 8.65. The molecule has 0 spiro atoms. The highest BCUT2D eigenvalue weighted by molar-refractivity contribution is 8.02. The van der Waals surface area contributed by atoms with E-state index in [9.17, 15) is 4.79 Å². The van der Waals surface area contributed by atoms with Crippen molar-refractivity contribution >= 4 is 87.5 Å². The molecule has 1 aromatic rings. The third-order valence-corrected chi connectivity index (χ3v) is 6.67. The molecule has 1 fully saturated rings. The van der Waals surface area contributed by atoms with E-state index < -0.39 is 13.9 Å². The first-order valence-corrected chi connectivity index (χ1v) is 7.90. The number of nitrogens with zero attached hydrogens (tertiary/aromatic N) is 1. The van der Waals surface area contributed by atoms with Crippen LogP contribution in [0.2, 0.25) is 10.0 Å². The van der Waals surface area contributed by atoms with Gasteiger partial charge in [-0.05, 0) is 29.6 Å². The number of hydrogen-bond donors (Lipinski definition) is 0. The fraction of sp³-hybridized carbons (Fsp3) is 0.300. The van der Waals surface area contributed by atoms with Crippen LogP contribution in [0.15, 0.2) is 18.2 Å². The van der Waals surface area contributed by atoms with Gasteiger partial charge < -0.3 is 0 Å². The Labute approximate surface area is 144 Å². The number of benzene rings is 1. The zero-order chi connectivity index (χ0) is 14.4. The predicted octanol–water partition coefficient (Wildman–Crippen LogP) is 5.29. The van der Waals surface area contributed by atoms with Gasteiger partial charge in [0, 0.05) is 0 Å². The Bertz CT molecular complexity index is 535. The first-order valence-electron chi connectivity index (χ1n) is 4.86. The summed E-state index contributed by atoms with van der Waals surface area (Å²) in [5.74, 6) is -0.572. The second-order valence-electron chi connectivity index (χ2n) is 3.77. The molecule has 0 bridgehead atoms. The summed E-state index contributed by atoms with van der Waals surface area (Å²) < 4.78 is -2.24. The lowest BCUT2D eigenvalue weighted by Crippen LogP contribution is -2.37. The van der Waals surface area contributed by atoms with Crippen molar-refractivity contribution in [3.05, 3.63) is 33.8 Å². The monoisotopic (exact) mass is 397 g/mol. The molecule has 2 nitrogen and oxygen atoms in total. The van der Waals surface area contributed by atoms with Crippen LogP contribution >= 0.6 is 81.6 Å². The summed E-state index contributed by atoms with van der Waals surface area (Å²) in [7, 11) is 0. The Morgan fingerprint density at radius 3 is 2.21 bits per heavy atom. The van der Waals surface area contributed by atoms with Crippen LogP contribution in [0.5, 0.6) is 0 Å². The molecule has 0 aromatic heterocycles. The van der Waals surface area contributed by atoms with Crippen molar-refractivity contribution in [3.63, 3.8) is 0 Å². The van der Waals surface area contributed by atoms with Gasteiger partial charge in [0.1, 0.15) is 0 Å². The van der Waals surface area contributed by atoms with Crippen molar-refractivity contribution in [2.24, 2.45) is 0 Å². The Morgan fingerprint density at radius 1 is 1.11 bits per heavy atom. The van der Waals surface area contributed by atoms with E-state index in [2.05, 4.69) is 0 Å². The summed E-state index contributed by atoms with van der Waals surface area (Å²) in [5.41, 5.74) is 0.755. The van der Waals surface area contributed by atoms with Gasteiger partial charge in [-0.3, -0.25) is 9.10 Å². The van der Waals surface area contributed by atoms with Gasteiger partial charge in [-0.1, -0.05) is 75.7 Å². The Kier molecular flexibility index (Phi) is 4.70. The van der Waals surface area contributed by atoms with Crippen LogP contribution in [-0.2, 0) is 11.3 Å². The molecular formula is C10H5Cl6NOS. The Morgan fingerprint density at radius 2 is 1.74 bits per heavy atom. The molecule has 0 atom stereocenters. The minimum Gasteiger partial charge on any atom is -0.277 e. The van der Waals surface area contributed by atoms with Gasteiger partial charge in [0.25, 0.3) is 5.91 Å². The van der Waals surface area contributed by atoms with E-state index in [1.165, 1.54) is 4.31 Å². The van der Waals surface area contributed by atoms with Crippen LogP contribution in [0.1, 0.15) is 5.56 Å². The number of halogens is 6. The van der Waals surface area contributed by atoms with Gasteiger partial charge in [0.15, 0.2) is 0 Å². The SMILES string of the molecule is O=C1N(Cc2ccc(Cl)c(Cl)c2)SC(Cl)(Cl)C1(Cl)Cl. The second-order valence-corrected chi connectivity index (χ2v) is 8.93. The topological polar surface area (TPSA) is 20.3 Å². The predicted molar refractivity (Wildman–Crippen MR) is 83.5 cm³/mol. The van der Waals surface area contributed by atoms with Crippen LogP contribution < -0.4 is 0 Å². The molecule has 1 aliphatic heterocycles. The minimum absolute atomic E-state index is 0.211. The molecule has 9 heteroatoms. The third-order valence-electron chi connectivity index (χ3n) is 2.40.